The largest absolute Gasteiger partial charge is 0.493 e. The lowest BCUT2D eigenvalue weighted by atomic mass is 9.95. The number of aromatic nitrogens is 1. The molecule has 0 N–H and O–H groups in total. The number of hydrogen-bond donors (Lipinski definition) is 0. The van der Waals surface area contributed by atoms with Gasteiger partial charge in [0.1, 0.15) is 11.7 Å². The van der Waals surface area contributed by atoms with Gasteiger partial charge in [0.05, 0.1) is 12.2 Å². The molecule has 0 saturated heterocycles. The molecule has 1 aromatic heterocycles. The van der Waals surface area contributed by atoms with E-state index in [0.29, 0.717) is 16.3 Å². The number of thiazole rings is 1. The van der Waals surface area contributed by atoms with Crippen molar-refractivity contribution < 1.29 is 19.1 Å². The Labute approximate surface area is 129 Å². The molecule has 108 valence electrons. The monoisotopic (exact) mass is 323 g/mol. The highest BCUT2D eigenvalue weighted by molar-refractivity contribution is 7.11. The summed E-state index contributed by atoms with van der Waals surface area (Å²) in [6.45, 7) is 0.247. The molecule has 2 heterocycles. The highest BCUT2D eigenvalue weighted by atomic mass is 35.5. The molecule has 1 atom stereocenters. The molecule has 3 rings (SSSR count). The van der Waals surface area contributed by atoms with Crippen LogP contribution in [0.3, 0.4) is 0 Å². The van der Waals surface area contributed by atoms with Gasteiger partial charge in [-0.05, 0) is 18.2 Å². The van der Waals surface area contributed by atoms with E-state index in [1.54, 1.807) is 23.6 Å². The number of rotatable bonds is 2. The average molecular weight is 324 g/mol. The molecule has 0 aliphatic carbocycles. The molecule has 0 bridgehead atoms. The van der Waals surface area contributed by atoms with Crippen LogP contribution in [0.4, 0.5) is 0 Å². The molecule has 21 heavy (non-hydrogen) atoms. The van der Waals surface area contributed by atoms with Gasteiger partial charge in [-0.25, -0.2) is 4.98 Å². The Hall–Kier alpha value is -1.92. The van der Waals surface area contributed by atoms with Gasteiger partial charge in [0, 0.05) is 23.0 Å². The van der Waals surface area contributed by atoms with E-state index in [1.165, 1.54) is 17.5 Å². The summed E-state index contributed by atoms with van der Waals surface area (Å²) < 4.78 is 10.6. The zero-order valence-corrected chi connectivity index (χ0v) is 12.3. The molecule has 1 aliphatic rings. The molecular formula is C14H10ClNO4S. The first-order valence-electron chi connectivity index (χ1n) is 6.23. The Balaban J connectivity index is 1.85. The highest BCUT2D eigenvalue weighted by Gasteiger charge is 2.34. The molecule has 5 nitrogen and oxygen atoms in total. The van der Waals surface area contributed by atoms with E-state index >= 15 is 0 Å². The quantitative estimate of drug-likeness (QED) is 0.628. The number of nitrogens with zero attached hydrogens (tertiary/aromatic N) is 1. The van der Waals surface area contributed by atoms with Crippen molar-refractivity contribution >= 4 is 34.7 Å². The number of esters is 1. The van der Waals surface area contributed by atoms with E-state index < -0.39 is 11.9 Å². The van der Waals surface area contributed by atoms with Crippen molar-refractivity contribution in [3.8, 4) is 10.9 Å². The topological polar surface area (TPSA) is 65.5 Å². The fourth-order valence-corrected chi connectivity index (χ4v) is 2.72. The number of fused-ring (bicyclic) bond motifs is 1. The molecule has 1 unspecified atom stereocenters. The molecular weight excluding hydrogens is 314 g/mol. The van der Waals surface area contributed by atoms with Crippen LogP contribution in [0.5, 0.6) is 10.9 Å². The van der Waals surface area contributed by atoms with Crippen molar-refractivity contribution in [3.05, 3.63) is 40.4 Å². The summed E-state index contributed by atoms with van der Waals surface area (Å²) in [4.78, 5) is 28.5. The minimum atomic E-state index is -0.892. The summed E-state index contributed by atoms with van der Waals surface area (Å²) in [6, 6.07) is 4.73. The maximum atomic E-state index is 12.5. The summed E-state index contributed by atoms with van der Waals surface area (Å²) in [7, 11) is 0. The number of carbonyl (C=O) groups is 2. The van der Waals surface area contributed by atoms with Gasteiger partial charge in [0.25, 0.3) is 5.19 Å². The van der Waals surface area contributed by atoms with E-state index in [-0.39, 0.29) is 24.0 Å². The lowest BCUT2D eigenvalue weighted by Gasteiger charge is -2.10. The third-order valence-corrected chi connectivity index (χ3v) is 3.96. The van der Waals surface area contributed by atoms with Crippen LogP contribution in [0.15, 0.2) is 29.8 Å². The third-order valence-electron chi connectivity index (χ3n) is 3.07. The van der Waals surface area contributed by atoms with Crippen molar-refractivity contribution in [2.75, 3.05) is 6.61 Å². The maximum absolute atomic E-state index is 12.5. The van der Waals surface area contributed by atoms with Crippen molar-refractivity contribution in [1.82, 2.24) is 4.98 Å². The van der Waals surface area contributed by atoms with Crippen LogP contribution in [0.25, 0.3) is 0 Å². The minimum Gasteiger partial charge on any atom is -0.493 e. The lowest BCUT2D eigenvalue weighted by Crippen LogP contribution is -2.28. The Morgan fingerprint density at radius 1 is 1.48 bits per heavy atom. The molecule has 1 aliphatic heterocycles. The van der Waals surface area contributed by atoms with Gasteiger partial charge in [0.15, 0.2) is 5.78 Å². The predicted octanol–water partition coefficient (Wildman–Crippen LogP) is 2.98. The number of hydrogen-bond acceptors (Lipinski definition) is 6. The van der Waals surface area contributed by atoms with Gasteiger partial charge < -0.3 is 9.47 Å². The molecule has 7 heteroatoms. The fourth-order valence-electron chi connectivity index (χ4n) is 2.07. The molecule has 0 spiro atoms. The molecule has 0 saturated carbocycles. The molecule has 0 radical (unpaired) electrons. The highest BCUT2D eigenvalue weighted by Crippen LogP contribution is 2.30. The van der Waals surface area contributed by atoms with Gasteiger partial charge in [-0.1, -0.05) is 22.9 Å². The number of ether oxygens (including phenoxy) is 2. The number of ketones is 1. The normalized spacial score (nSPS) is 17.6. The number of benzene rings is 1. The second-order valence-electron chi connectivity index (χ2n) is 4.41. The van der Waals surface area contributed by atoms with Crippen LogP contribution in [0.2, 0.25) is 5.02 Å². The number of carbonyl (C=O) groups excluding carboxylic acids is 2. The standard InChI is InChI=1S/C14H10ClNO4S/c15-8-1-2-9-11(7-8)19-5-3-10(12(9)17)13(18)20-14-16-4-6-21-14/h1-2,4,6-7,10H,3,5H2. The van der Waals surface area contributed by atoms with Crippen LogP contribution >= 0.6 is 22.9 Å². The van der Waals surface area contributed by atoms with Crippen molar-refractivity contribution in [2.45, 2.75) is 6.42 Å². The van der Waals surface area contributed by atoms with Crippen LogP contribution < -0.4 is 9.47 Å². The fraction of sp³-hybridized carbons (Fsp3) is 0.214. The minimum absolute atomic E-state index is 0.231. The summed E-state index contributed by atoms with van der Waals surface area (Å²) in [5.74, 6) is -1.42. The van der Waals surface area contributed by atoms with Crippen molar-refractivity contribution in [1.29, 1.82) is 0 Å². The Kier molecular flexibility index (Phi) is 3.90. The average Bonchev–Trinajstić information content (AvgIpc) is 2.90. The first-order valence-corrected chi connectivity index (χ1v) is 7.48. The predicted molar refractivity (Wildman–Crippen MR) is 77.1 cm³/mol. The van der Waals surface area contributed by atoms with Gasteiger partial charge in [-0.3, -0.25) is 9.59 Å². The van der Waals surface area contributed by atoms with Crippen LogP contribution in [-0.2, 0) is 4.79 Å². The first kappa shape index (κ1) is 14.0. The Morgan fingerprint density at radius 2 is 2.33 bits per heavy atom. The second-order valence-corrected chi connectivity index (χ2v) is 5.71. The SMILES string of the molecule is O=C(Oc1nccs1)C1CCOc2cc(Cl)ccc2C1=O. The van der Waals surface area contributed by atoms with Gasteiger partial charge in [0.2, 0.25) is 0 Å². The van der Waals surface area contributed by atoms with E-state index in [4.69, 9.17) is 21.1 Å². The second kappa shape index (κ2) is 5.83. The van der Waals surface area contributed by atoms with Gasteiger partial charge in [-0.2, -0.15) is 0 Å². The smallest absolute Gasteiger partial charge is 0.324 e. The van der Waals surface area contributed by atoms with E-state index in [1.807, 2.05) is 0 Å². The van der Waals surface area contributed by atoms with Crippen molar-refractivity contribution in [2.24, 2.45) is 5.92 Å². The summed E-state index contributed by atoms with van der Waals surface area (Å²) in [6.07, 6.45) is 1.79. The molecule has 1 aromatic carbocycles. The summed E-state index contributed by atoms with van der Waals surface area (Å²) >= 11 is 7.08. The molecule has 0 amide bonds. The maximum Gasteiger partial charge on any atom is 0.324 e. The van der Waals surface area contributed by atoms with Crippen LogP contribution in [-0.4, -0.2) is 23.3 Å². The zero-order chi connectivity index (χ0) is 14.8. The number of halogens is 1. The van der Waals surface area contributed by atoms with E-state index in [2.05, 4.69) is 4.98 Å². The van der Waals surface area contributed by atoms with Crippen LogP contribution in [0, 0.1) is 5.92 Å². The van der Waals surface area contributed by atoms with E-state index in [0.717, 1.165) is 0 Å². The third kappa shape index (κ3) is 2.91. The zero-order valence-electron chi connectivity index (χ0n) is 10.7. The first-order chi connectivity index (χ1) is 10.1. The molecule has 0 fully saturated rings. The van der Waals surface area contributed by atoms with E-state index in [9.17, 15) is 9.59 Å². The van der Waals surface area contributed by atoms with Gasteiger partial charge in [-0.15, -0.1) is 0 Å². The van der Waals surface area contributed by atoms with Crippen molar-refractivity contribution in [3.63, 3.8) is 0 Å². The summed E-state index contributed by atoms with van der Waals surface area (Å²) in [5, 5.41) is 2.40. The Bertz CT molecular complexity index is 686. The number of Topliss-reactive ketones (excluding diaryl/α,β-unsaturated/α-hetero) is 1. The summed E-state index contributed by atoms with van der Waals surface area (Å²) in [5.41, 5.74) is 0.345. The van der Waals surface area contributed by atoms with Gasteiger partial charge >= 0.3 is 5.97 Å². The van der Waals surface area contributed by atoms with Crippen LogP contribution in [0.1, 0.15) is 16.8 Å². The Morgan fingerprint density at radius 3 is 3.10 bits per heavy atom. The lowest BCUT2D eigenvalue weighted by molar-refractivity contribution is -0.137. The molecule has 2 aromatic rings.